The van der Waals surface area contributed by atoms with Gasteiger partial charge in [-0.3, -0.25) is 4.90 Å². The average molecular weight is 349 g/mol. The van der Waals surface area contributed by atoms with E-state index in [2.05, 4.69) is 17.0 Å². The molecular formula is C17H23N3O3S. The topological polar surface area (TPSA) is 52.7 Å². The molecule has 0 radical (unpaired) electrons. The first kappa shape index (κ1) is 17.0. The number of nitrogens with zero attached hydrogens (tertiary/aromatic N) is 3. The number of ether oxygens (including phenoxy) is 2. The Morgan fingerprint density at radius 3 is 2.71 bits per heavy atom. The summed E-state index contributed by atoms with van der Waals surface area (Å²) < 4.78 is 18.1. The normalized spacial score (nSPS) is 15.2. The fourth-order valence-electron chi connectivity index (χ4n) is 3.15. The van der Waals surface area contributed by atoms with Crippen molar-refractivity contribution < 1.29 is 13.9 Å². The maximum Gasteiger partial charge on any atom is 0.288 e. The number of hydrogen-bond donors (Lipinski definition) is 0. The minimum Gasteiger partial charge on any atom is -0.497 e. The Hall–Kier alpha value is -1.86. The van der Waals surface area contributed by atoms with Gasteiger partial charge in [-0.15, -0.1) is 5.10 Å². The van der Waals surface area contributed by atoms with E-state index in [1.54, 1.807) is 25.0 Å². The highest BCUT2D eigenvalue weighted by Crippen LogP contribution is 2.32. The predicted octanol–water partition coefficient (Wildman–Crippen LogP) is 3.72. The maximum atomic E-state index is 5.70. The summed E-state index contributed by atoms with van der Waals surface area (Å²) in [7, 11) is 5.34. The van der Waals surface area contributed by atoms with E-state index in [9.17, 15) is 0 Å². The lowest BCUT2D eigenvalue weighted by molar-refractivity contribution is 0.182. The monoisotopic (exact) mass is 349 g/mol. The van der Waals surface area contributed by atoms with Gasteiger partial charge in [-0.1, -0.05) is 12.8 Å². The second kappa shape index (κ2) is 7.36. The fourth-order valence-corrected chi connectivity index (χ4v) is 3.33. The summed E-state index contributed by atoms with van der Waals surface area (Å²) in [6.07, 6.45) is 5.07. The Balaban J connectivity index is 1.84. The zero-order chi connectivity index (χ0) is 17.1. The molecule has 1 aromatic heterocycles. The number of methoxy groups -OCH3 is 2. The minimum atomic E-state index is 0.368. The summed E-state index contributed by atoms with van der Waals surface area (Å²) in [5, 5.41) is 4.54. The molecule has 0 amide bonds. The van der Waals surface area contributed by atoms with Crippen LogP contribution in [-0.4, -0.2) is 42.0 Å². The lowest BCUT2D eigenvalue weighted by atomic mass is 10.2. The van der Waals surface area contributed by atoms with E-state index in [1.807, 2.05) is 12.1 Å². The van der Waals surface area contributed by atoms with Crippen molar-refractivity contribution in [1.29, 1.82) is 0 Å². The molecule has 1 fully saturated rings. The van der Waals surface area contributed by atoms with Crippen LogP contribution in [-0.2, 0) is 6.67 Å². The van der Waals surface area contributed by atoms with Gasteiger partial charge < -0.3 is 13.9 Å². The molecule has 0 aliphatic heterocycles. The lowest BCUT2D eigenvalue weighted by Crippen LogP contribution is -2.31. The first-order valence-corrected chi connectivity index (χ1v) is 8.53. The molecule has 1 aliphatic rings. The molecule has 3 rings (SSSR count). The Morgan fingerprint density at radius 1 is 1.29 bits per heavy atom. The van der Waals surface area contributed by atoms with Crippen LogP contribution >= 0.6 is 12.2 Å². The highest BCUT2D eigenvalue weighted by atomic mass is 32.1. The third kappa shape index (κ3) is 3.47. The second-order valence-corrected chi connectivity index (χ2v) is 6.42. The van der Waals surface area contributed by atoms with Crippen LogP contribution in [0.2, 0.25) is 0 Å². The van der Waals surface area contributed by atoms with Gasteiger partial charge in [-0.05, 0) is 44.2 Å². The van der Waals surface area contributed by atoms with E-state index in [0.29, 0.717) is 29.2 Å². The molecule has 0 atom stereocenters. The van der Waals surface area contributed by atoms with Crippen LogP contribution < -0.4 is 9.47 Å². The number of hydrogen-bond acceptors (Lipinski definition) is 6. The van der Waals surface area contributed by atoms with Crippen LogP contribution in [0.4, 0.5) is 0 Å². The molecule has 1 heterocycles. The summed E-state index contributed by atoms with van der Waals surface area (Å²) in [5.74, 6) is 1.82. The highest BCUT2D eigenvalue weighted by molar-refractivity contribution is 7.71. The third-order valence-electron chi connectivity index (χ3n) is 4.55. The van der Waals surface area contributed by atoms with Crippen molar-refractivity contribution in [2.24, 2.45) is 0 Å². The quantitative estimate of drug-likeness (QED) is 0.741. The van der Waals surface area contributed by atoms with Crippen LogP contribution in [0.5, 0.6) is 11.5 Å². The fraction of sp³-hybridized carbons (Fsp3) is 0.529. The van der Waals surface area contributed by atoms with Crippen LogP contribution in [0.1, 0.15) is 25.7 Å². The molecule has 0 unspecified atom stereocenters. The van der Waals surface area contributed by atoms with Crippen molar-refractivity contribution in [1.82, 2.24) is 14.7 Å². The van der Waals surface area contributed by atoms with Crippen LogP contribution in [0, 0.1) is 4.84 Å². The first-order chi connectivity index (χ1) is 11.6. The molecule has 1 aromatic carbocycles. The Labute approximate surface area is 147 Å². The van der Waals surface area contributed by atoms with Crippen LogP contribution in [0.25, 0.3) is 11.5 Å². The van der Waals surface area contributed by atoms with Gasteiger partial charge in [0.25, 0.3) is 10.7 Å². The zero-order valence-electron chi connectivity index (χ0n) is 14.3. The molecule has 1 saturated carbocycles. The summed E-state index contributed by atoms with van der Waals surface area (Å²) in [6.45, 7) is 0.630. The van der Waals surface area contributed by atoms with Crippen LogP contribution in [0.3, 0.4) is 0 Å². The molecule has 7 heteroatoms. The van der Waals surface area contributed by atoms with Gasteiger partial charge in [0, 0.05) is 12.1 Å². The van der Waals surface area contributed by atoms with Gasteiger partial charge >= 0.3 is 0 Å². The van der Waals surface area contributed by atoms with E-state index in [-0.39, 0.29) is 0 Å². The van der Waals surface area contributed by atoms with Gasteiger partial charge in [-0.2, -0.15) is 0 Å². The van der Waals surface area contributed by atoms with Crippen molar-refractivity contribution in [2.75, 3.05) is 21.3 Å². The lowest BCUT2D eigenvalue weighted by Gasteiger charge is -2.23. The standard InChI is InChI=1S/C17H23N3O3S/c1-19(12-6-4-5-7-12)11-20-17(24)23-16(18-20)14-9-8-13(21-2)10-15(14)22-3/h8-10,12H,4-7,11H2,1-3H3. The Bertz CT molecular complexity index is 750. The second-order valence-electron chi connectivity index (χ2n) is 6.08. The number of rotatable bonds is 6. The third-order valence-corrected chi connectivity index (χ3v) is 4.84. The molecule has 0 bridgehead atoms. The largest absolute Gasteiger partial charge is 0.497 e. The van der Waals surface area contributed by atoms with Gasteiger partial charge in [-0.25, -0.2) is 4.68 Å². The molecule has 6 nitrogen and oxygen atoms in total. The number of benzene rings is 1. The summed E-state index contributed by atoms with van der Waals surface area (Å²) in [5.41, 5.74) is 0.756. The van der Waals surface area contributed by atoms with Gasteiger partial charge in [0.2, 0.25) is 0 Å². The Kier molecular flexibility index (Phi) is 5.20. The Morgan fingerprint density at radius 2 is 2.04 bits per heavy atom. The van der Waals surface area contributed by atoms with E-state index in [4.69, 9.17) is 26.1 Å². The zero-order valence-corrected chi connectivity index (χ0v) is 15.1. The van der Waals surface area contributed by atoms with E-state index >= 15 is 0 Å². The SMILES string of the molecule is COc1ccc(-c2nn(CN(C)C3CCCC3)c(=S)o2)c(OC)c1. The molecular weight excluding hydrogens is 326 g/mol. The molecule has 0 saturated heterocycles. The number of aromatic nitrogens is 2. The summed E-state index contributed by atoms with van der Waals surface area (Å²) >= 11 is 5.34. The molecule has 24 heavy (non-hydrogen) atoms. The van der Waals surface area contributed by atoms with Gasteiger partial charge in [0.1, 0.15) is 11.5 Å². The molecule has 0 spiro atoms. The molecule has 130 valence electrons. The van der Waals surface area contributed by atoms with Crippen molar-refractivity contribution >= 4 is 12.2 Å². The van der Waals surface area contributed by atoms with E-state index in [1.165, 1.54) is 25.7 Å². The van der Waals surface area contributed by atoms with E-state index < -0.39 is 0 Å². The molecule has 2 aromatic rings. The van der Waals surface area contributed by atoms with Gasteiger partial charge in [0.15, 0.2) is 0 Å². The maximum absolute atomic E-state index is 5.70. The molecule has 1 aliphatic carbocycles. The van der Waals surface area contributed by atoms with Crippen LogP contribution in [0.15, 0.2) is 22.6 Å². The highest BCUT2D eigenvalue weighted by Gasteiger charge is 2.21. The van der Waals surface area contributed by atoms with E-state index in [0.717, 1.165) is 11.3 Å². The predicted molar refractivity (Wildman–Crippen MR) is 93.9 cm³/mol. The minimum absolute atomic E-state index is 0.368. The summed E-state index contributed by atoms with van der Waals surface area (Å²) in [6, 6.07) is 6.11. The van der Waals surface area contributed by atoms with Crippen molar-refractivity contribution in [3.63, 3.8) is 0 Å². The first-order valence-electron chi connectivity index (χ1n) is 8.13. The smallest absolute Gasteiger partial charge is 0.288 e. The van der Waals surface area contributed by atoms with Crippen molar-refractivity contribution in [3.8, 4) is 23.0 Å². The van der Waals surface area contributed by atoms with Crippen molar-refractivity contribution in [2.45, 2.75) is 38.4 Å². The molecule has 0 N–H and O–H groups in total. The average Bonchev–Trinajstić information content (AvgIpc) is 3.25. The van der Waals surface area contributed by atoms with Crippen molar-refractivity contribution in [3.05, 3.63) is 23.0 Å². The summed E-state index contributed by atoms with van der Waals surface area (Å²) in [4.78, 5) is 2.66. The van der Waals surface area contributed by atoms with Gasteiger partial charge in [0.05, 0.1) is 26.5 Å².